The van der Waals surface area contributed by atoms with Crippen LogP contribution in [0, 0.1) is 0 Å². The second-order valence-corrected chi connectivity index (χ2v) is 0.977. The molecule has 0 unspecified atom stereocenters. The fourth-order valence-corrected chi connectivity index (χ4v) is 0.223. The molecule has 0 amide bonds. The summed E-state index contributed by atoms with van der Waals surface area (Å²) in [7, 11) is 3.21. The molecule has 1 N–H and O–H groups in total. The zero-order valence-electron chi connectivity index (χ0n) is 4.43. The standard InChI is InChI=1S/C4H8N2O/c1-5-4(3-7)6-2/h3H,1-2H3,(H,5,6). The van der Waals surface area contributed by atoms with E-state index in [-0.39, 0.29) is 0 Å². The maximum Gasteiger partial charge on any atom is 0.184 e. The van der Waals surface area contributed by atoms with Crippen LogP contribution in [0.4, 0.5) is 0 Å². The average Bonchev–Trinajstić information content (AvgIpc) is 1.72. The summed E-state index contributed by atoms with van der Waals surface area (Å²) in [4.78, 5) is 13.3. The molecule has 3 nitrogen and oxygen atoms in total. The topological polar surface area (TPSA) is 41.5 Å². The molecule has 3 heteroatoms. The zero-order chi connectivity index (χ0) is 5.70. The van der Waals surface area contributed by atoms with E-state index in [9.17, 15) is 4.79 Å². The summed E-state index contributed by atoms with van der Waals surface area (Å²) in [5, 5.41) is 2.58. The monoisotopic (exact) mass is 100 g/mol. The first-order chi connectivity index (χ1) is 3.35. The van der Waals surface area contributed by atoms with Gasteiger partial charge in [0, 0.05) is 14.1 Å². The molecule has 0 atom stereocenters. The van der Waals surface area contributed by atoms with Crippen molar-refractivity contribution in [2.75, 3.05) is 14.1 Å². The van der Waals surface area contributed by atoms with Crippen LogP contribution in [0.2, 0.25) is 0 Å². The van der Waals surface area contributed by atoms with Crippen LogP contribution in [-0.4, -0.2) is 26.2 Å². The first-order valence-electron chi connectivity index (χ1n) is 1.95. The summed E-state index contributed by atoms with van der Waals surface area (Å²) in [5.41, 5.74) is 0. The number of likely N-dealkylation sites (N-methyl/N-ethyl adjacent to an activating group) is 1. The molecule has 0 radical (unpaired) electrons. The highest BCUT2D eigenvalue weighted by atomic mass is 16.1. The summed E-state index contributed by atoms with van der Waals surface area (Å²) in [6, 6.07) is 0. The number of amidine groups is 1. The van der Waals surface area contributed by atoms with Crippen molar-refractivity contribution < 1.29 is 4.79 Å². The minimum atomic E-state index is 0.375. The van der Waals surface area contributed by atoms with Crippen molar-refractivity contribution in [3.63, 3.8) is 0 Å². The molecule has 0 saturated heterocycles. The van der Waals surface area contributed by atoms with Gasteiger partial charge in [-0.25, -0.2) is 0 Å². The van der Waals surface area contributed by atoms with Crippen molar-refractivity contribution in [1.82, 2.24) is 5.32 Å². The van der Waals surface area contributed by atoms with Crippen LogP contribution in [0.15, 0.2) is 4.99 Å². The molecule has 0 saturated carbocycles. The van der Waals surface area contributed by atoms with Crippen molar-refractivity contribution in [2.24, 2.45) is 4.99 Å². The number of nitrogens with zero attached hydrogens (tertiary/aromatic N) is 1. The lowest BCUT2D eigenvalue weighted by Crippen LogP contribution is -2.18. The van der Waals surface area contributed by atoms with Crippen LogP contribution < -0.4 is 5.32 Å². The van der Waals surface area contributed by atoms with Crippen LogP contribution in [0.1, 0.15) is 0 Å². The van der Waals surface area contributed by atoms with E-state index < -0.39 is 0 Å². The predicted molar refractivity (Wildman–Crippen MR) is 28.5 cm³/mol. The molecular formula is C4H8N2O. The molecular weight excluding hydrogens is 92.1 g/mol. The van der Waals surface area contributed by atoms with Gasteiger partial charge in [-0.15, -0.1) is 0 Å². The van der Waals surface area contributed by atoms with Gasteiger partial charge < -0.3 is 5.32 Å². The Morgan fingerprint density at radius 3 is 2.43 bits per heavy atom. The lowest BCUT2D eigenvalue weighted by atomic mass is 10.7. The third-order valence-corrected chi connectivity index (χ3v) is 0.609. The van der Waals surface area contributed by atoms with Gasteiger partial charge in [-0.3, -0.25) is 9.79 Å². The van der Waals surface area contributed by atoms with Crippen LogP contribution in [0.5, 0.6) is 0 Å². The van der Waals surface area contributed by atoms with Crippen molar-refractivity contribution in [2.45, 2.75) is 0 Å². The molecule has 0 heterocycles. The van der Waals surface area contributed by atoms with Crippen LogP contribution in [0.3, 0.4) is 0 Å². The summed E-state index contributed by atoms with van der Waals surface area (Å²) in [6.45, 7) is 0. The number of carbonyl (C=O) groups is 1. The molecule has 0 fully saturated rings. The van der Waals surface area contributed by atoms with Crippen LogP contribution in [-0.2, 0) is 4.79 Å². The van der Waals surface area contributed by atoms with E-state index in [0.29, 0.717) is 12.1 Å². The van der Waals surface area contributed by atoms with Crippen molar-refractivity contribution >= 4 is 12.1 Å². The second-order valence-electron chi connectivity index (χ2n) is 0.977. The fourth-order valence-electron chi connectivity index (χ4n) is 0.223. The van der Waals surface area contributed by atoms with E-state index in [1.807, 2.05) is 0 Å². The molecule has 0 aromatic heterocycles. The molecule has 0 aromatic carbocycles. The minimum absolute atomic E-state index is 0.375. The molecule has 0 aliphatic rings. The maximum atomic E-state index is 9.77. The van der Waals surface area contributed by atoms with Gasteiger partial charge in [0.25, 0.3) is 0 Å². The van der Waals surface area contributed by atoms with E-state index in [1.54, 1.807) is 14.1 Å². The Kier molecular flexibility index (Phi) is 2.92. The maximum absolute atomic E-state index is 9.77. The third-order valence-electron chi connectivity index (χ3n) is 0.609. The number of rotatable bonds is 1. The Hall–Kier alpha value is -0.860. The molecule has 7 heavy (non-hydrogen) atoms. The molecule has 0 aliphatic heterocycles. The molecule has 0 rings (SSSR count). The highest BCUT2D eigenvalue weighted by Crippen LogP contribution is 1.57. The summed E-state index contributed by atoms with van der Waals surface area (Å²) < 4.78 is 0. The molecule has 0 bridgehead atoms. The Balaban J connectivity index is 3.60. The largest absolute Gasteiger partial charge is 0.371 e. The van der Waals surface area contributed by atoms with Gasteiger partial charge in [0.1, 0.15) is 0 Å². The predicted octanol–water partition coefficient (Wildman–Crippen LogP) is -0.567. The molecule has 40 valence electrons. The van der Waals surface area contributed by atoms with E-state index in [4.69, 9.17) is 0 Å². The van der Waals surface area contributed by atoms with E-state index in [2.05, 4.69) is 10.3 Å². The Labute approximate surface area is 42.4 Å². The van der Waals surface area contributed by atoms with Crippen molar-refractivity contribution in [1.29, 1.82) is 0 Å². The highest BCUT2D eigenvalue weighted by Gasteiger charge is 1.82. The van der Waals surface area contributed by atoms with E-state index >= 15 is 0 Å². The first-order valence-corrected chi connectivity index (χ1v) is 1.95. The van der Waals surface area contributed by atoms with E-state index in [1.165, 1.54) is 0 Å². The van der Waals surface area contributed by atoms with Gasteiger partial charge in [0.2, 0.25) is 0 Å². The number of aldehydes is 1. The van der Waals surface area contributed by atoms with Crippen molar-refractivity contribution in [3.05, 3.63) is 0 Å². The van der Waals surface area contributed by atoms with Crippen LogP contribution in [0.25, 0.3) is 0 Å². The SMILES string of the molecule is C/N=C(/C=O)NC. The minimum Gasteiger partial charge on any atom is -0.371 e. The quantitative estimate of drug-likeness (QED) is 0.272. The van der Waals surface area contributed by atoms with Gasteiger partial charge in [-0.1, -0.05) is 0 Å². The summed E-state index contributed by atoms with van der Waals surface area (Å²) in [5.74, 6) is 0.375. The smallest absolute Gasteiger partial charge is 0.184 e. The number of aliphatic imine (C=N–C) groups is 1. The van der Waals surface area contributed by atoms with Crippen LogP contribution >= 0.6 is 0 Å². The summed E-state index contributed by atoms with van der Waals surface area (Å²) >= 11 is 0. The number of hydrogen-bond donors (Lipinski definition) is 1. The number of hydrogen-bond acceptors (Lipinski definition) is 2. The van der Waals surface area contributed by atoms with E-state index in [0.717, 1.165) is 0 Å². The first kappa shape index (κ1) is 6.14. The third kappa shape index (κ3) is 1.92. The van der Waals surface area contributed by atoms with Gasteiger partial charge in [-0.2, -0.15) is 0 Å². The highest BCUT2D eigenvalue weighted by molar-refractivity contribution is 6.26. The Morgan fingerprint density at radius 2 is 2.43 bits per heavy atom. The zero-order valence-corrected chi connectivity index (χ0v) is 4.43. The van der Waals surface area contributed by atoms with Gasteiger partial charge >= 0.3 is 0 Å². The fraction of sp³-hybridized carbons (Fsp3) is 0.500. The second kappa shape index (κ2) is 3.33. The average molecular weight is 100 g/mol. The van der Waals surface area contributed by atoms with Crippen molar-refractivity contribution in [3.8, 4) is 0 Å². The van der Waals surface area contributed by atoms with Gasteiger partial charge in [-0.05, 0) is 0 Å². The van der Waals surface area contributed by atoms with Gasteiger partial charge in [0.05, 0.1) is 0 Å². The Morgan fingerprint density at radius 1 is 1.86 bits per heavy atom. The lowest BCUT2D eigenvalue weighted by molar-refractivity contribution is -0.102. The summed E-state index contributed by atoms with van der Waals surface area (Å²) in [6.07, 6.45) is 0.667. The molecule has 0 aliphatic carbocycles. The lowest BCUT2D eigenvalue weighted by Gasteiger charge is -1.88. The number of nitrogens with one attached hydrogen (secondary N) is 1. The normalized spacial score (nSPS) is 10.9. The molecule has 0 spiro atoms. The van der Waals surface area contributed by atoms with Gasteiger partial charge in [0.15, 0.2) is 12.1 Å². The Bertz CT molecular complexity index is 87.7. The molecule has 0 aromatic rings. The number of carbonyl (C=O) groups excluding carboxylic acids is 1.